The third-order valence-electron chi connectivity index (χ3n) is 3.05. The monoisotopic (exact) mass is 275 g/mol. The van der Waals surface area contributed by atoms with E-state index in [2.05, 4.69) is 0 Å². The average Bonchev–Trinajstić information content (AvgIpc) is 2.48. The summed E-state index contributed by atoms with van der Waals surface area (Å²) in [6.07, 6.45) is 0. The smallest absolute Gasteiger partial charge is 0.123 e. The first-order valence-electron chi connectivity index (χ1n) is 6.41. The minimum Gasteiger partial charge on any atom is -0.497 e. The third kappa shape index (κ3) is 3.79. The Morgan fingerprint density at radius 3 is 2.65 bits per heavy atom. The summed E-state index contributed by atoms with van der Waals surface area (Å²) >= 11 is 0. The summed E-state index contributed by atoms with van der Waals surface area (Å²) < 4.78 is 24.0. The van der Waals surface area contributed by atoms with E-state index in [1.54, 1.807) is 13.2 Å². The molecular weight excluding hydrogens is 257 g/mol. The average molecular weight is 275 g/mol. The predicted octanol–water partition coefficient (Wildman–Crippen LogP) is 3.01. The molecule has 0 radical (unpaired) electrons. The first-order chi connectivity index (χ1) is 9.72. The van der Waals surface area contributed by atoms with E-state index in [1.807, 2.05) is 24.3 Å². The van der Waals surface area contributed by atoms with Crippen molar-refractivity contribution in [1.29, 1.82) is 0 Å². The molecule has 0 spiro atoms. The van der Waals surface area contributed by atoms with Crippen molar-refractivity contribution in [1.82, 2.24) is 0 Å². The van der Waals surface area contributed by atoms with Gasteiger partial charge < -0.3 is 15.2 Å². The summed E-state index contributed by atoms with van der Waals surface area (Å²) in [6.45, 7) is 1.15. The van der Waals surface area contributed by atoms with Crippen LogP contribution in [0.3, 0.4) is 0 Å². The molecule has 0 atom stereocenters. The van der Waals surface area contributed by atoms with Crippen LogP contribution in [-0.4, -0.2) is 7.11 Å². The molecular formula is C16H18FNO2. The van der Waals surface area contributed by atoms with Crippen molar-refractivity contribution in [3.8, 4) is 5.75 Å². The van der Waals surface area contributed by atoms with Gasteiger partial charge in [-0.25, -0.2) is 4.39 Å². The van der Waals surface area contributed by atoms with Crippen LogP contribution in [0.15, 0.2) is 42.5 Å². The summed E-state index contributed by atoms with van der Waals surface area (Å²) in [5.74, 6) is 0.515. The quantitative estimate of drug-likeness (QED) is 0.881. The van der Waals surface area contributed by atoms with Crippen molar-refractivity contribution in [3.05, 3.63) is 65.0 Å². The normalized spacial score (nSPS) is 10.6. The third-order valence-corrected chi connectivity index (χ3v) is 3.05. The van der Waals surface area contributed by atoms with Gasteiger partial charge in [0.05, 0.1) is 20.3 Å². The molecule has 2 aromatic rings. The van der Waals surface area contributed by atoms with Crippen LogP contribution in [0.5, 0.6) is 5.75 Å². The number of methoxy groups -OCH3 is 1. The molecule has 2 rings (SSSR count). The van der Waals surface area contributed by atoms with Gasteiger partial charge in [0.2, 0.25) is 0 Å². The van der Waals surface area contributed by atoms with Crippen molar-refractivity contribution >= 4 is 0 Å². The number of hydrogen-bond acceptors (Lipinski definition) is 3. The van der Waals surface area contributed by atoms with Crippen molar-refractivity contribution in [2.75, 3.05) is 7.11 Å². The van der Waals surface area contributed by atoms with Gasteiger partial charge in [0.15, 0.2) is 0 Å². The first kappa shape index (κ1) is 14.5. The summed E-state index contributed by atoms with van der Waals surface area (Å²) in [5, 5.41) is 0. The Balaban J connectivity index is 1.97. The maximum atomic E-state index is 13.2. The highest BCUT2D eigenvalue weighted by Gasteiger charge is 2.04. The highest BCUT2D eigenvalue weighted by Crippen LogP contribution is 2.16. The highest BCUT2D eigenvalue weighted by molar-refractivity contribution is 5.29. The molecule has 0 aliphatic carbocycles. The molecule has 0 amide bonds. The molecule has 106 valence electrons. The van der Waals surface area contributed by atoms with Crippen LogP contribution >= 0.6 is 0 Å². The van der Waals surface area contributed by atoms with Gasteiger partial charge in [-0.2, -0.15) is 0 Å². The molecule has 2 aromatic carbocycles. The lowest BCUT2D eigenvalue weighted by molar-refractivity contribution is 0.106. The molecule has 0 aromatic heterocycles. The molecule has 0 unspecified atom stereocenters. The molecule has 0 saturated heterocycles. The standard InChI is InChI=1S/C16H18FNO2/c1-19-16-4-2-3-12(7-16)10-20-11-14-8-15(17)6-5-13(14)9-18/h2-8H,9-11,18H2,1H3. The number of ether oxygens (including phenoxy) is 2. The second-order valence-electron chi connectivity index (χ2n) is 4.46. The van der Waals surface area contributed by atoms with E-state index in [9.17, 15) is 4.39 Å². The minimum atomic E-state index is -0.276. The number of benzene rings is 2. The highest BCUT2D eigenvalue weighted by atomic mass is 19.1. The molecule has 0 aliphatic rings. The van der Waals surface area contributed by atoms with E-state index in [1.165, 1.54) is 12.1 Å². The summed E-state index contributed by atoms with van der Waals surface area (Å²) in [6, 6.07) is 12.2. The van der Waals surface area contributed by atoms with Crippen LogP contribution in [0.4, 0.5) is 4.39 Å². The van der Waals surface area contributed by atoms with Crippen LogP contribution in [0.2, 0.25) is 0 Å². The Bertz CT molecular complexity index is 572. The number of nitrogens with two attached hydrogens (primary N) is 1. The van der Waals surface area contributed by atoms with Gasteiger partial charge in [-0.1, -0.05) is 18.2 Å². The van der Waals surface area contributed by atoms with E-state index < -0.39 is 0 Å². The van der Waals surface area contributed by atoms with Crippen LogP contribution in [0.1, 0.15) is 16.7 Å². The number of hydrogen-bond donors (Lipinski definition) is 1. The summed E-state index contributed by atoms with van der Waals surface area (Å²) in [5.41, 5.74) is 8.32. The van der Waals surface area contributed by atoms with Crippen molar-refractivity contribution in [2.24, 2.45) is 5.73 Å². The largest absolute Gasteiger partial charge is 0.497 e. The molecule has 20 heavy (non-hydrogen) atoms. The van der Waals surface area contributed by atoms with Crippen LogP contribution in [0, 0.1) is 5.82 Å². The van der Waals surface area contributed by atoms with E-state index in [0.717, 1.165) is 22.4 Å². The van der Waals surface area contributed by atoms with E-state index in [-0.39, 0.29) is 5.82 Å². The van der Waals surface area contributed by atoms with Crippen molar-refractivity contribution in [3.63, 3.8) is 0 Å². The van der Waals surface area contributed by atoms with Gasteiger partial charge in [0.25, 0.3) is 0 Å². The summed E-state index contributed by atoms with van der Waals surface area (Å²) in [4.78, 5) is 0. The zero-order valence-electron chi connectivity index (χ0n) is 11.4. The van der Waals surface area contributed by atoms with Crippen LogP contribution in [0.25, 0.3) is 0 Å². The van der Waals surface area contributed by atoms with Crippen molar-refractivity contribution in [2.45, 2.75) is 19.8 Å². The lowest BCUT2D eigenvalue weighted by Gasteiger charge is -2.10. The lowest BCUT2D eigenvalue weighted by Crippen LogP contribution is -2.04. The van der Waals surface area contributed by atoms with Gasteiger partial charge in [0.1, 0.15) is 11.6 Å². The Labute approximate surface area is 118 Å². The maximum absolute atomic E-state index is 13.2. The molecule has 4 heteroatoms. The first-order valence-corrected chi connectivity index (χ1v) is 6.41. The van der Waals surface area contributed by atoms with Gasteiger partial charge in [0, 0.05) is 6.54 Å². The number of halogens is 1. The molecule has 3 nitrogen and oxygen atoms in total. The fourth-order valence-electron chi connectivity index (χ4n) is 1.97. The van der Waals surface area contributed by atoms with Crippen molar-refractivity contribution < 1.29 is 13.9 Å². The second kappa shape index (κ2) is 7.03. The van der Waals surface area contributed by atoms with Gasteiger partial charge in [-0.3, -0.25) is 0 Å². The fraction of sp³-hybridized carbons (Fsp3) is 0.250. The van der Waals surface area contributed by atoms with Gasteiger partial charge >= 0.3 is 0 Å². The lowest BCUT2D eigenvalue weighted by atomic mass is 10.1. The SMILES string of the molecule is COc1cccc(COCc2cc(F)ccc2CN)c1. The number of rotatable bonds is 6. The van der Waals surface area contributed by atoms with E-state index >= 15 is 0 Å². The zero-order chi connectivity index (χ0) is 14.4. The van der Waals surface area contributed by atoms with Gasteiger partial charge in [-0.05, 0) is 41.0 Å². The molecule has 0 heterocycles. The van der Waals surface area contributed by atoms with Crippen LogP contribution < -0.4 is 10.5 Å². The predicted molar refractivity (Wildman–Crippen MR) is 75.8 cm³/mol. The minimum absolute atomic E-state index is 0.276. The maximum Gasteiger partial charge on any atom is 0.123 e. The molecule has 0 saturated carbocycles. The summed E-state index contributed by atoms with van der Waals surface area (Å²) in [7, 11) is 1.63. The van der Waals surface area contributed by atoms with Gasteiger partial charge in [-0.15, -0.1) is 0 Å². The Morgan fingerprint density at radius 2 is 1.90 bits per heavy atom. The molecule has 0 aliphatic heterocycles. The van der Waals surface area contributed by atoms with E-state index in [0.29, 0.717) is 19.8 Å². The zero-order valence-corrected chi connectivity index (χ0v) is 11.4. The molecule has 0 bridgehead atoms. The van der Waals surface area contributed by atoms with Crippen LogP contribution in [-0.2, 0) is 24.5 Å². The molecule has 0 fully saturated rings. The fourth-order valence-corrected chi connectivity index (χ4v) is 1.97. The van der Waals surface area contributed by atoms with E-state index in [4.69, 9.17) is 15.2 Å². The topological polar surface area (TPSA) is 44.5 Å². The molecule has 2 N–H and O–H groups in total. The second-order valence-corrected chi connectivity index (χ2v) is 4.46. The Hall–Kier alpha value is -1.91. The Morgan fingerprint density at radius 1 is 1.05 bits per heavy atom. The Kier molecular flexibility index (Phi) is 5.09.